The Kier molecular flexibility index (Phi) is 3.55. The summed E-state index contributed by atoms with van der Waals surface area (Å²) in [5, 5.41) is 12.2. The molecule has 0 unspecified atom stereocenters. The van der Waals surface area contributed by atoms with Gasteiger partial charge in [-0.15, -0.1) is 15.3 Å². The molecule has 0 aliphatic rings. The molecule has 0 N–H and O–H groups in total. The van der Waals surface area contributed by atoms with E-state index in [1.165, 1.54) is 6.92 Å². The highest BCUT2D eigenvalue weighted by Gasteiger charge is 2.15. The van der Waals surface area contributed by atoms with Crippen LogP contribution in [-0.2, 0) is 6.42 Å². The lowest BCUT2D eigenvalue weighted by molar-refractivity contribution is 0.101. The predicted octanol–water partition coefficient (Wildman–Crippen LogP) is 0.817. The van der Waals surface area contributed by atoms with Gasteiger partial charge in [0.25, 0.3) is 5.78 Å². The highest BCUT2D eigenvalue weighted by molar-refractivity contribution is 5.95. The SMILES string of the molecule is CCc1nc2nnc(C(C)=O)c(/C=C/N(C)C)n2n1. The summed E-state index contributed by atoms with van der Waals surface area (Å²) in [6.45, 7) is 3.42. The zero-order chi connectivity index (χ0) is 14.0. The molecule has 19 heavy (non-hydrogen) atoms. The van der Waals surface area contributed by atoms with E-state index in [0.717, 1.165) is 0 Å². The summed E-state index contributed by atoms with van der Waals surface area (Å²) in [6.07, 6.45) is 4.32. The van der Waals surface area contributed by atoms with Crippen LogP contribution >= 0.6 is 0 Å². The fraction of sp³-hybridized carbons (Fsp3) is 0.417. The molecule has 0 aliphatic carbocycles. The van der Waals surface area contributed by atoms with Crippen LogP contribution in [-0.4, -0.2) is 49.6 Å². The number of nitrogens with zero attached hydrogens (tertiary/aromatic N) is 6. The van der Waals surface area contributed by atoms with Gasteiger partial charge < -0.3 is 4.90 Å². The third-order valence-corrected chi connectivity index (χ3v) is 2.52. The Labute approximate surface area is 111 Å². The van der Waals surface area contributed by atoms with Gasteiger partial charge in [0.15, 0.2) is 17.3 Å². The number of carbonyl (C=O) groups is 1. The normalized spacial score (nSPS) is 11.4. The van der Waals surface area contributed by atoms with Crippen LogP contribution < -0.4 is 0 Å². The zero-order valence-corrected chi connectivity index (χ0v) is 11.5. The van der Waals surface area contributed by atoms with Gasteiger partial charge in [0.1, 0.15) is 5.69 Å². The smallest absolute Gasteiger partial charge is 0.272 e. The molecule has 2 aromatic rings. The van der Waals surface area contributed by atoms with Gasteiger partial charge in [-0.25, -0.2) is 0 Å². The molecule has 0 aliphatic heterocycles. The van der Waals surface area contributed by atoms with Crippen molar-refractivity contribution in [2.24, 2.45) is 0 Å². The van der Waals surface area contributed by atoms with Crippen LogP contribution in [0.2, 0.25) is 0 Å². The third kappa shape index (κ3) is 2.59. The fourth-order valence-corrected chi connectivity index (χ4v) is 1.59. The molecule has 100 valence electrons. The molecule has 2 aromatic heterocycles. The van der Waals surface area contributed by atoms with Crippen molar-refractivity contribution in [3.05, 3.63) is 23.4 Å². The molecule has 0 amide bonds. The van der Waals surface area contributed by atoms with Gasteiger partial charge in [0.2, 0.25) is 0 Å². The summed E-state index contributed by atoms with van der Waals surface area (Å²) in [7, 11) is 3.79. The fourth-order valence-electron chi connectivity index (χ4n) is 1.59. The first-order valence-electron chi connectivity index (χ1n) is 6.00. The van der Waals surface area contributed by atoms with Crippen LogP contribution in [0.3, 0.4) is 0 Å². The number of aryl methyl sites for hydroxylation is 1. The van der Waals surface area contributed by atoms with E-state index in [2.05, 4.69) is 20.3 Å². The van der Waals surface area contributed by atoms with E-state index in [1.807, 2.05) is 32.1 Å². The molecule has 0 radical (unpaired) electrons. The first-order chi connectivity index (χ1) is 9.02. The second-order valence-electron chi connectivity index (χ2n) is 4.36. The minimum atomic E-state index is -0.152. The molecule has 0 fully saturated rings. The monoisotopic (exact) mass is 260 g/mol. The third-order valence-electron chi connectivity index (χ3n) is 2.52. The van der Waals surface area contributed by atoms with Crippen LogP contribution in [0.15, 0.2) is 6.20 Å². The highest BCUT2D eigenvalue weighted by Crippen LogP contribution is 2.10. The van der Waals surface area contributed by atoms with Gasteiger partial charge in [-0.3, -0.25) is 4.79 Å². The van der Waals surface area contributed by atoms with Gasteiger partial charge in [-0.2, -0.15) is 9.50 Å². The Morgan fingerprint density at radius 1 is 1.37 bits per heavy atom. The largest absolute Gasteiger partial charge is 0.383 e. The number of aromatic nitrogens is 5. The van der Waals surface area contributed by atoms with Crippen molar-refractivity contribution in [2.45, 2.75) is 20.3 Å². The topological polar surface area (TPSA) is 76.3 Å². The van der Waals surface area contributed by atoms with Gasteiger partial charge in [-0.1, -0.05) is 6.92 Å². The maximum atomic E-state index is 11.6. The molecule has 7 nitrogen and oxygen atoms in total. The number of hydrogen-bond donors (Lipinski definition) is 0. The van der Waals surface area contributed by atoms with E-state index in [4.69, 9.17) is 0 Å². The molecule has 0 saturated heterocycles. The molecule has 2 rings (SSSR count). The Morgan fingerprint density at radius 2 is 2.11 bits per heavy atom. The van der Waals surface area contributed by atoms with Crippen LogP contribution in [0, 0.1) is 0 Å². The van der Waals surface area contributed by atoms with Crippen molar-refractivity contribution in [2.75, 3.05) is 14.1 Å². The van der Waals surface area contributed by atoms with E-state index in [-0.39, 0.29) is 11.5 Å². The molecule has 0 atom stereocenters. The molecule has 0 aromatic carbocycles. The lowest BCUT2D eigenvalue weighted by Gasteiger charge is -2.06. The molecular weight excluding hydrogens is 244 g/mol. The lowest BCUT2D eigenvalue weighted by atomic mass is 10.2. The molecule has 0 saturated carbocycles. The van der Waals surface area contributed by atoms with Gasteiger partial charge in [0, 0.05) is 33.6 Å². The molecule has 7 heteroatoms. The highest BCUT2D eigenvalue weighted by atomic mass is 16.1. The van der Waals surface area contributed by atoms with Gasteiger partial charge >= 0.3 is 0 Å². The van der Waals surface area contributed by atoms with E-state index < -0.39 is 0 Å². The summed E-state index contributed by atoms with van der Waals surface area (Å²) in [6, 6.07) is 0. The van der Waals surface area contributed by atoms with Crippen LogP contribution in [0.4, 0.5) is 0 Å². The number of ketones is 1. The second-order valence-corrected chi connectivity index (χ2v) is 4.36. The van der Waals surface area contributed by atoms with Gasteiger partial charge in [0.05, 0.1) is 0 Å². The lowest BCUT2D eigenvalue weighted by Crippen LogP contribution is -2.10. The van der Waals surface area contributed by atoms with Crippen LogP contribution in [0.5, 0.6) is 0 Å². The summed E-state index contributed by atoms with van der Waals surface area (Å²) in [5.41, 5.74) is 0.886. The van der Waals surface area contributed by atoms with Crippen molar-refractivity contribution in [3.8, 4) is 0 Å². The van der Waals surface area contributed by atoms with Crippen molar-refractivity contribution in [1.82, 2.24) is 29.7 Å². The molecular formula is C12H16N6O. The van der Waals surface area contributed by atoms with E-state index in [0.29, 0.717) is 23.7 Å². The number of rotatable bonds is 4. The predicted molar refractivity (Wildman–Crippen MR) is 70.7 cm³/mol. The Hall–Kier alpha value is -2.31. The maximum Gasteiger partial charge on any atom is 0.272 e. The number of Topliss-reactive ketones (excluding diaryl/α,β-unsaturated/α-hetero) is 1. The van der Waals surface area contributed by atoms with Gasteiger partial charge in [-0.05, 0) is 6.08 Å². The summed E-state index contributed by atoms with van der Waals surface area (Å²) in [4.78, 5) is 17.7. The quantitative estimate of drug-likeness (QED) is 0.757. The first kappa shape index (κ1) is 13.1. The summed E-state index contributed by atoms with van der Waals surface area (Å²) >= 11 is 0. The van der Waals surface area contributed by atoms with Crippen molar-refractivity contribution < 1.29 is 4.79 Å². The minimum absolute atomic E-state index is 0.152. The van der Waals surface area contributed by atoms with Crippen LogP contribution in [0.25, 0.3) is 11.9 Å². The number of hydrogen-bond acceptors (Lipinski definition) is 6. The molecule has 0 spiro atoms. The second kappa shape index (κ2) is 5.13. The average Bonchev–Trinajstić information content (AvgIpc) is 2.78. The number of carbonyl (C=O) groups excluding carboxylic acids is 1. The van der Waals surface area contributed by atoms with E-state index in [1.54, 1.807) is 10.6 Å². The van der Waals surface area contributed by atoms with Crippen LogP contribution in [0.1, 0.15) is 35.9 Å². The Bertz CT molecular complexity index is 643. The van der Waals surface area contributed by atoms with E-state index in [9.17, 15) is 4.79 Å². The Balaban J connectivity index is 2.68. The molecule has 2 heterocycles. The zero-order valence-electron chi connectivity index (χ0n) is 11.5. The average molecular weight is 260 g/mol. The minimum Gasteiger partial charge on any atom is -0.383 e. The first-order valence-corrected chi connectivity index (χ1v) is 6.00. The van der Waals surface area contributed by atoms with Crippen molar-refractivity contribution in [1.29, 1.82) is 0 Å². The van der Waals surface area contributed by atoms with E-state index >= 15 is 0 Å². The number of fused-ring (bicyclic) bond motifs is 1. The summed E-state index contributed by atoms with van der Waals surface area (Å²) in [5.74, 6) is 0.927. The summed E-state index contributed by atoms with van der Waals surface area (Å²) < 4.78 is 1.56. The van der Waals surface area contributed by atoms with Crippen molar-refractivity contribution in [3.63, 3.8) is 0 Å². The maximum absolute atomic E-state index is 11.6. The Morgan fingerprint density at radius 3 is 2.68 bits per heavy atom. The van der Waals surface area contributed by atoms with Crippen molar-refractivity contribution >= 4 is 17.6 Å². The standard InChI is InChI=1S/C12H16N6O/c1-5-10-13-12-15-14-11(8(2)19)9(18(12)16-10)6-7-17(3)4/h6-7H,5H2,1-4H3/b7-6+. The molecule has 0 bridgehead atoms.